The Bertz CT molecular complexity index is 1420. The molecule has 0 bridgehead atoms. The van der Waals surface area contributed by atoms with Crippen LogP contribution >= 0.6 is 0 Å². The van der Waals surface area contributed by atoms with Gasteiger partial charge in [-0.05, 0) is 34.1 Å². The van der Waals surface area contributed by atoms with Crippen molar-refractivity contribution < 1.29 is 28.7 Å². The fourth-order valence-corrected chi connectivity index (χ4v) is 4.40. The van der Waals surface area contributed by atoms with Crippen molar-refractivity contribution in [2.75, 3.05) is 32.8 Å². The molecule has 3 heterocycles. The summed E-state index contributed by atoms with van der Waals surface area (Å²) in [5.74, 6) is -0.912. The molecular formula is C29H36N8O6. The highest BCUT2D eigenvalue weighted by Crippen LogP contribution is 2.18. The summed E-state index contributed by atoms with van der Waals surface area (Å²) in [6.45, 7) is 8.31. The van der Waals surface area contributed by atoms with Gasteiger partial charge in [-0.15, -0.1) is 0 Å². The van der Waals surface area contributed by atoms with E-state index in [1.54, 1.807) is 32.6 Å². The summed E-state index contributed by atoms with van der Waals surface area (Å²) >= 11 is 0. The van der Waals surface area contributed by atoms with Crippen LogP contribution in [-0.4, -0.2) is 103 Å². The van der Waals surface area contributed by atoms with E-state index in [4.69, 9.17) is 9.47 Å². The molecule has 0 radical (unpaired) electrons. The van der Waals surface area contributed by atoms with Gasteiger partial charge in [0.2, 0.25) is 5.91 Å². The SMILES string of the molecule is CCOC(=O)N1CCN(C(=O)C(CCC(=O)OC(C)(C)C)NC(=O)c2cc(-n3cncn3)nc(-c3ccccc3)n2)CC1. The predicted octanol–water partition coefficient (Wildman–Crippen LogP) is 2.25. The highest BCUT2D eigenvalue weighted by molar-refractivity contribution is 5.97. The van der Waals surface area contributed by atoms with E-state index < -0.39 is 29.6 Å². The van der Waals surface area contributed by atoms with Gasteiger partial charge in [-0.25, -0.2) is 24.4 Å². The number of esters is 1. The maximum Gasteiger partial charge on any atom is 0.409 e. The first-order chi connectivity index (χ1) is 20.5. The average Bonchev–Trinajstić information content (AvgIpc) is 3.54. The average molecular weight is 593 g/mol. The molecule has 3 amide bonds. The molecule has 1 aromatic carbocycles. The third-order valence-electron chi connectivity index (χ3n) is 6.41. The van der Waals surface area contributed by atoms with Gasteiger partial charge in [0, 0.05) is 44.2 Å². The molecule has 1 N–H and O–H groups in total. The Balaban J connectivity index is 1.56. The van der Waals surface area contributed by atoms with Crippen LogP contribution in [0.1, 0.15) is 51.0 Å². The van der Waals surface area contributed by atoms with Crippen LogP contribution in [-0.2, 0) is 19.1 Å². The van der Waals surface area contributed by atoms with Crippen molar-refractivity contribution >= 4 is 23.9 Å². The number of amides is 3. The maximum absolute atomic E-state index is 13.7. The minimum absolute atomic E-state index is 0.00144. The standard InChI is InChI=1S/C29H36N8O6/c1-5-42-28(41)36-15-13-35(14-16-36)27(40)21(11-12-24(38)43-29(2,3)4)33-26(39)22-17-23(37-19-30-18-31-37)34-25(32-22)20-9-7-6-8-10-20/h6-10,17-19,21H,5,11-16H2,1-4H3,(H,33,39). The van der Waals surface area contributed by atoms with Gasteiger partial charge >= 0.3 is 12.1 Å². The second-order valence-electron chi connectivity index (χ2n) is 10.8. The van der Waals surface area contributed by atoms with Gasteiger partial charge in [0.25, 0.3) is 5.91 Å². The van der Waals surface area contributed by atoms with Crippen LogP contribution in [0, 0.1) is 0 Å². The number of hydrogen-bond acceptors (Lipinski definition) is 10. The summed E-state index contributed by atoms with van der Waals surface area (Å²) in [5, 5.41) is 6.89. The molecule has 1 atom stereocenters. The number of benzene rings is 1. The van der Waals surface area contributed by atoms with Crippen LogP contribution in [0.15, 0.2) is 49.1 Å². The molecule has 0 saturated carbocycles. The Morgan fingerprint density at radius 3 is 2.33 bits per heavy atom. The molecule has 0 spiro atoms. The number of aromatic nitrogens is 5. The third-order valence-corrected chi connectivity index (χ3v) is 6.41. The van der Waals surface area contributed by atoms with E-state index in [1.165, 1.54) is 28.3 Å². The lowest BCUT2D eigenvalue weighted by Gasteiger charge is -2.36. The minimum Gasteiger partial charge on any atom is -0.460 e. The van der Waals surface area contributed by atoms with Crippen molar-refractivity contribution in [3.8, 4) is 17.2 Å². The van der Waals surface area contributed by atoms with E-state index in [9.17, 15) is 19.2 Å². The van der Waals surface area contributed by atoms with Gasteiger partial charge in [0.15, 0.2) is 11.6 Å². The Morgan fingerprint density at radius 1 is 1.00 bits per heavy atom. The number of rotatable bonds is 9. The predicted molar refractivity (Wildman–Crippen MR) is 154 cm³/mol. The van der Waals surface area contributed by atoms with Crippen LogP contribution < -0.4 is 5.32 Å². The monoisotopic (exact) mass is 592 g/mol. The molecule has 14 heteroatoms. The Hall–Kier alpha value is -4.88. The molecular weight excluding hydrogens is 556 g/mol. The lowest BCUT2D eigenvalue weighted by Crippen LogP contribution is -2.56. The van der Waals surface area contributed by atoms with E-state index >= 15 is 0 Å². The van der Waals surface area contributed by atoms with Crippen LogP contribution in [0.4, 0.5) is 4.79 Å². The number of nitrogens with one attached hydrogen (secondary N) is 1. The quantitative estimate of drug-likeness (QED) is 0.365. The Morgan fingerprint density at radius 2 is 1.70 bits per heavy atom. The van der Waals surface area contributed by atoms with Gasteiger partial charge in [-0.3, -0.25) is 14.4 Å². The number of carbonyl (C=O) groups excluding carboxylic acids is 4. The van der Waals surface area contributed by atoms with Crippen molar-refractivity contribution in [3.05, 3.63) is 54.7 Å². The second-order valence-corrected chi connectivity index (χ2v) is 10.8. The number of piperazine rings is 1. The van der Waals surface area contributed by atoms with Gasteiger partial charge in [-0.2, -0.15) is 5.10 Å². The van der Waals surface area contributed by atoms with E-state index in [2.05, 4.69) is 25.4 Å². The summed E-state index contributed by atoms with van der Waals surface area (Å²) in [4.78, 5) is 68.0. The first kappa shape index (κ1) is 31.1. The molecule has 4 rings (SSSR count). The lowest BCUT2D eigenvalue weighted by atomic mass is 10.1. The molecule has 2 aromatic heterocycles. The molecule has 43 heavy (non-hydrogen) atoms. The highest BCUT2D eigenvalue weighted by Gasteiger charge is 2.32. The zero-order valence-electron chi connectivity index (χ0n) is 24.7. The van der Waals surface area contributed by atoms with Crippen LogP contribution in [0.25, 0.3) is 17.2 Å². The zero-order chi connectivity index (χ0) is 31.0. The summed E-state index contributed by atoms with van der Waals surface area (Å²) < 4.78 is 11.9. The molecule has 228 valence electrons. The van der Waals surface area contributed by atoms with Gasteiger partial charge in [0.05, 0.1) is 6.61 Å². The van der Waals surface area contributed by atoms with Crippen LogP contribution in [0.5, 0.6) is 0 Å². The maximum atomic E-state index is 13.7. The van der Waals surface area contributed by atoms with Crippen molar-refractivity contribution in [2.24, 2.45) is 0 Å². The summed E-state index contributed by atoms with van der Waals surface area (Å²) in [7, 11) is 0. The van der Waals surface area contributed by atoms with Crippen molar-refractivity contribution in [1.29, 1.82) is 0 Å². The fourth-order valence-electron chi connectivity index (χ4n) is 4.40. The third kappa shape index (κ3) is 8.56. The molecule has 1 aliphatic heterocycles. The summed E-state index contributed by atoms with van der Waals surface area (Å²) in [6, 6.07) is 9.52. The first-order valence-corrected chi connectivity index (χ1v) is 14.1. The summed E-state index contributed by atoms with van der Waals surface area (Å²) in [6.07, 6.45) is 2.26. The number of ether oxygens (including phenoxy) is 2. The smallest absolute Gasteiger partial charge is 0.409 e. The largest absolute Gasteiger partial charge is 0.460 e. The Kier molecular flexibility index (Phi) is 10.0. The van der Waals surface area contributed by atoms with Gasteiger partial charge in [0.1, 0.15) is 30.0 Å². The number of hydrogen-bond donors (Lipinski definition) is 1. The molecule has 14 nitrogen and oxygen atoms in total. The van der Waals surface area contributed by atoms with Gasteiger partial charge < -0.3 is 24.6 Å². The van der Waals surface area contributed by atoms with Crippen molar-refractivity contribution in [2.45, 2.75) is 52.2 Å². The van der Waals surface area contributed by atoms with Crippen LogP contribution in [0.3, 0.4) is 0 Å². The van der Waals surface area contributed by atoms with Crippen molar-refractivity contribution in [1.82, 2.24) is 39.8 Å². The fraction of sp³-hybridized carbons (Fsp3) is 0.448. The Labute approximate surface area is 249 Å². The van der Waals surface area contributed by atoms with E-state index in [-0.39, 0.29) is 63.1 Å². The zero-order valence-corrected chi connectivity index (χ0v) is 24.7. The molecule has 3 aromatic rings. The van der Waals surface area contributed by atoms with Crippen molar-refractivity contribution in [3.63, 3.8) is 0 Å². The normalized spacial score (nSPS) is 14.1. The van der Waals surface area contributed by atoms with Crippen LogP contribution in [0.2, 0.25) is 0 Å². The molecule has 1 saturated heterocycles. The summed E-state index contributed by atoms with van der Waals surface area (Å²) in [5.41, 5.74) is -0.0207. The minimum atomic E-state index is -1.06. The molecule has 0 aliphatic carbocycles. The molecule has 1 aliphatic rings. The first-order valence-electron chi connectivity index (χ1n) is 14.1. The molecule has 1 fully saturated rings. The highest BCUT2D eigenvalue weighted by atomic mass is 16.6. The number of carbonyl (C=O) groups is 4. The van der Waals surface area contributed by atoms with E-state index in [0.29, 0.717) is 11.4 Å². The number of nitrogens with zero attached hydrogens (tertiary/aromatic N) is 7. The lowest BCUT2D eigenvalue weighted by molar-refractivity contribution is -0.155. The second kappa shape index (κ2) is 13.9. The molecule has 1 unspecified atom stereocenters. The van der Waals surface area contributed by atoms with E-state index in [1.807, 2.05) is 30.3 Å². The topological polar surface area (TPSA) is 162 Å². The van der Waals surface area contributed by atoms with E-state index in [0.717, 1.165) is 0 Å². The van der Waals surface area contributed by atoms with Gasteiger partial charge in [-0.1, -0.05) is 30.3 Å².